The van der Waals surface area contributed by atoms with Gasteiger partial charge in [-0.25, -0.2) is 0 Å². The molecule has 86 valence electrons. The summed E-state index contributed by atoms with van der Waals surface area (Å²) in [5.41, 5.74) is 2.27. The van der Waals surface area contributed by atoms with E-state index in [2.05, 4.69) is 6.07 Å². The maximum Gasteiger partial charge on any atom is 0.0978 e. The van der Waals surface area contributed by atoms with Gasteiger partial charge in [0.1, 0.15) is 0 Å². The van der Waals surface area contributed by atoms with Gasteiger partial charge in [-0.05, 0) is 43.9 Å². The molecule has 0 bridgehead atoms. The van der Waals surface area contributed by atoms with Crippen LogP contribution in [0, 0.1) is 30.6 Å². The second-order valence-corrected chi connectivity index (χ2v) is 4.59. The SMILES string of the molecule is CCC(C)(C#N)C(O)c1c(C)cccc1C. The molecule has 0 aliphatic rings. The van der Waals surface area contributed by atoms with Gasteiger partial charge in [-0.2, -0.15) is 5.26 Å². The van der Waals surface area contributed by atoms with Gasteiger partial charge in [0.15, 0.2) is 0 Å². The summed E-state index contributed by atoms with van der Waals surface area (Å²) in [5.74, 6) is 0. The maximum atomic E-state index is 10.4. The third-order valence-corrected chi connectivity index (χ3v) is 3.41. The summed E-state index contributed by atoms with van der Waals surface area (Å²) in [4.78, 5) is 0. The van der Waals surface area contributed by atoms with Gasteiger partial charge in [-0.15, -0.1) is 0 Å². The van der Waals surface area contributed by atoms with Crippen LogP contribution in [0.1, 0.15) is 43.1 Å². The molecule has 16 heavy (non-hydrogen) atoms. The highest BCUT2D eigenvalue weighted by atomic mass is 16.3. The molecule has 0 saturated carbocycles. The second-order valence-electron chi connectivity index (χ2n) is 4.59. The van der Waals surface area contributed by atoms with Gasteiger partial charge in [0.25, 0.3) is 0 Å². The van der Waals surface area contributed by atoms with Crippen LogP contribution in [0.2, 0.25) is 0 Å². The van der Waals surface area contributed by atoms with Gasteiger partial charge in [0.05, 0.1) is 17.6 Å². The van der Waals surface area contributed by atoms with E-state index in [9.17, 15) is 10.4 Å². The number of nitriles is 1. The van der Waals surface area contributed by atoms with E-state index in [1.54, 1.807) is 0 Å². The lowest BCUT2D eigenvalue weighted by Crippen LogP contribution is -2.24. The Kier molecular flexibility index (Phi) is 3.72. The van der Waals surface area contributed by atoms with Crippen molar-refractivity contribution < 1.29 is 5.11 Å². The van der Waals surface area contributed by atoms with Crippen LogP contribution < -0.4 is 0 Å². The van der Waals surface area contributed by atoms with E-state index in [4.69, 9.17) is 0 Å². The lowest BCUT2D eigenvalue weighted by molar-refractivity contribution is 0.0711. The summed E-state index contributed by atoms with van der Waals surface area (Å²) in [7, 11) is 0. The molecule has 2 atom stereocenters. The van der Waals surface area contributed by atoms with E-state index in [0.717, 1.165) is 16.7 Å². The highest BCUT2D eigenvalue weighted by Crippen LogP contribution is 2.38. The van der Waals surface area contributed by atoms with Crippen molar-refractivity contribution in [3.05, 3.63) is 34.9 Å². The molecule has 0 amide bonds. The van der Waals surface area contributed by atoms with Crippen molar-refractivity contribution >= 4 is 0 Å². The average molecular weight is 217 g/mol. The Balaban J connectivity index is 3.25. The molecule has 1 aromatic rings. The first-order valence-corrected chi connectivity index (χ1v) is 5.61. The zero-order valence-electron chi connectivity index (χ0n) is 10.4. The van der Waals surface area contributed by atoms with Crippen molar-refractivity contribution in [1.29, 1.82) is 5.26 Å². The Morgan fingerprint density at radius 2 is 1.88 bits per heavy atom. The Labute approximate surface area is 97.5 Å². The molecule has 0 aliphatic heterocycles. The number of rotatable bonds is 3. The zero-order valence-corrected chi connectivity index (χ0v) is 10.4. The minimum Gasteiger partial charge on any atom is -0.387 e. The van der Waals surface area contributed by atoms with Crippen molar-refractivity contribution in [3.8, 4) is 6.07 Å². The molecule has 0 saturated heterocycles. The van der Waals surface area contributed by atoms with Crippen LogP contribution >= 0.6 is 0 Å². The molecular formula is C14H19NO. The monoisotopic (exact) mass is 217 g/mol. The summed E-state index contributed by atoms with van der Waals surface area (Å²) in [6, 6.07) is 8.14. The second kappa shape index (κ2) is 4.67. The lowest BCUT2D eigenvalue weighted by atomic mass is 9.77. The maximum absolute atomic E-state index is 10.4. The number of hydrogen-bond donors (Lipinski definition) is 1. The van der Waals surface area contributed by atoms with E-state index in [1.807, 2.05) is 45.9 Å². The van der Waals surface area contributed by atoms with E-state index < -0.39 is 11.5 Å². The lowest BCUT2D eigenvalue weighted by Gasteiger charge is -2.28. The highest BCUT2D eigenvalue weighted by Gasteiger charge is 2.33. The van der Waals surface area contributed by atoms with Crippen molar-refractivity contribution in [2.45, 2.75) is 40.2 Å². The van der Waals surface area contributed by atoms with Crippen LogP contribution in [0.3, 0.4) is 0 Å². The Morgan fingerprint density at radius 3 is 2.25 bits per heavy atom. The molecule has 1 rings (SSSR count). The van der Waals surface area contributed by atoms with Crippen LogP contribution in [-0.4, -0.2) is 5.11 Å². The van der Waals surface area contributed by atoms with Crippen LogP contribution in [0.15, 0.2) is 18.2 Å². The van der Waals surface area contributed by atoms with Crippen molar-refractivity contribution in [2.24, 2.45) is 5.41 Å². The Morgan fingerprint density at radius 1 is 1.38 bits per heavy atom. The topological polar surface area (TPSA) is 44.0 Å². The summed E-state index contributed by atoms with van der Waals surface area (Å²) in [6.07, 6.45) is -0.0815. The molecule has 0 aromatic heterocycles. The molecule has 2 unspecified atom stereocenters. The zero-order chi connectivity index (χ0) is 12.3. The van der Waals surface area contributed by atoms with E-state index >= 15 is 0 Å². The van der Waals surface area contributed by atoms with Crippen molar-refractivity contribution in [1.82, 2.24) is 0 Å². The van der Waals surface area contributed by atoms with Crippen LogP contribution in [0.25, 0.3) is 0 Å². The number of hydrogen-bond acceptors (Lipinski definition) is 2. The van der Waals surface area contributed by atoms with E-state index in [0.29, 0.717) is 6.42 Å². The van der Waals surface area contributed by atoms with Gasteiger partial charge in [0.2, 0.25) is 0 Å². The fraction of sp³-hybridized carbons (Fsp3) is 0.500. The van der Waals surface area contributed by atoms with Crippen LogP contribution in [0.4, 0.5) is 0 Å². The van der Waals surface area contributed by atoms with Crippen molar-refractivity contribution in [3.63, 3.8) is 0 Å². The van der Waals surface area contributed by atoms with E-state index in [-0.39, 0.29) is 0 Å². The Bertz CT molecular complexity index is 399. The summed E-state index contributed by atoms with van der Waals surface area (Å²) in [6.45, 7) is 7.68. The number of nitrogens with zero attached hydrogens (tertiary/aromatic N) is 1. The smallest absolute Gasteiger partial charge is 0.0978 e. The fourth-order valence-corrected chi connectivity index (χ4v) is 1.91. The van der Waals surface area contributed by atoms with Crippen LogP contribution in [-0.2, 0) is 0 Å². The van der Waals surface area contributed by atoms with Crippen molar-refractivity contribution in [2.75, 3.05) is 0 Å². The molecule has 0 spiro atoms. The third kappa shape index (κ3) is 2.10. The van der Waals surface area contributed by atoms with Gasteiger partial charge >= 0.3 is 0 Å². The summed E-state index contributed by atoms with van der Waals surface area (Å²) in [5, 5.41) is 19.6. The molecule has 1 aromatic carbocycles. The minimum absolute atomic E-state index is 0.637. The quantitative estimate of drug-likeness (QED) is 0.844. The molecule has 0 fully saturated rings. The molecular weight excluding hydrogens is 198 g/mol. The molecule has 0 radical (unpaired) electrons. The first-order chi connectivity index (χ1) is 7.46. The number of aliphatic hydroxyl groups excluding tert-OH is 1. The summed E-state index contributed by atoms with van der Waals surface area (Å²) >= 11 is 0. The van der Waals surface area contributed by atoms with E-state index in [1.165, 1.54) is 0 Å². The Hall–Kier alpha value is -1.33. The molecule has 1 N–H and O–H groups in total. The molecule has 2 nitrogen and oxygen atoms in total. The number of benzene rings is 1. The third-order valence-electron chi connectivity index (χ3n) is 3.41. The fourth-order valence-electron chi connectivity index (χ4n) is 1.91. The largest absolute Gasteiger partial charge is 0.387 e. The first kappa shape index (κ1) is 12.7. The van der Waals surface area contributed by atoms with Gasteiger partial charge in [0, 0.05) is 0 Å². The highest BCUT2D eigenvalue weighted by molar-refractivity contribution is 5.37. The standard InChI is InChI=1S/C14H19NO/c1-5-14(4,9-15)13(16)12-10(2)7-6-8-11(12)3/h6-8,13,16H,5H2,1-4H3. The number of aryl methyl sites for hydroxylation is 2. The molecule has 2 heteroatoms. The van der Waals surface area contributed by atoms with Crippen LogP contribution in [0.5, 0.6) is 0 Å². The predicted octanol–water partition coefficient (Wildman–Crippen LogP) is 3.28. The van der Waals surface area contributed by atoms with Gasteiger partial charge in [-0.1, -0.05) is 25.1 Å². The molecule has 0 aliphatic carbocycles. The minimum atomic E-state index is -0.719. The van der Waals surface area contributed by atoms with Gasteiger partial charge < -0.3 is 5.11 Å². The predicted molar refractivity (Wildman–Crippen MR) is 64.9 cm³/mol. The summed E-state index contributed by atoms with van der Waals surface area (Å²) < 4.78 is 0. The first-order valence-electron chi connectivity index (χ1n) is 5.61. The molecule has 0 heterocycles. The normalized spacial score (nSPS) is 16.2. The van der Waals surface area contributed by atoms with Gasteiger partial charge in [-0.3, -0.25) is 0 Å². The average Bonchev–Trinajstić information content (AvgIpc) is 2.27. The number of aliphatic hydroxyl groups is 1.